The highest BCUT2D eigenvalue weighted by Gasteiger charge is 2.18. The van der Waals surface area contributed by atoms with Crippen LogP contribution in [-0.2, 0) is 5.41 Å². The summed E-state index contributed by atoms with van der Waals surface area (Å²) in [6, 6.07) is 29.8. The summed E-state index contributed by atoms with van der Waals surface area (Å²) in [7, 11) is 0. The summed E-state index contributed by atoms with van der Waals surface area (Å²) in [6.45, 7) is 15.3. The van der Waals surface area contributed by atoms with Crippen molar-refractivity contribution < 1.29 is 4.74 Å². The smallest absolute Gasteiger partial charge is 0.137 e. The third-order valence-corrected chi connectivity index (χ3v) is 8.57. The van der Waals surface area contributed by atoms with Crippen LogP contribution in [0.1, 0.15) is 48.6 Å². The SMILES string of the molecule is Cc1cc(Oc2ccc3c4ccccc4n(-c4cc(C(C)(C)C)ccn4)c3c2)cc(-n2cc(-c3c(C)cc(C)cc3C)cn2)c1. The molecule has 5 heteroatoms. The van der Waals surface area contributed by atoms with Gasteiger partial charge in [0.05, 0.1) is 22.9 Å². The first-order valence-corrected chi connectivity index (χ1v) is 15.5. The number of nitrogens with zero attached hydrogens (tertiary/aromatic N) is 4. The highest BCUT2D eigenvalue weighted by atomic mass is 16.5. The minimum absolute atomic E-state index is 0.0146. The molecule has 4 aromatic carbocycles. The van der Waals surface area contributed by atoms with Crippen LogP contribution in [0.25, 0.3) is 44.4 Å². The Labute approximate surface area is 264 Å². The van der Waals surface area contributed by atoms with Crippen molar-refractivity contribution in [2.75, 3.05) is 0 Å². The second-order valence-electron chi connectivity index (χ2n) is 13.2. The Morgan fingerprint density at radius 1 is 0.689 bits per heavy atom. The number of aryl methyl sites for hydroxylation is 4. The summed E-state index contributed by atoms with van der Waals surface area (Å²) in [6.07, 6.45) is 5.96. The van der Waals surface area contributed by atoms with Gasteiger partial charge < -0.3 is 4.74 Å². The summed E-state index contributed by atoms with van der Waals surface area (Å²) in [5.74, 6) is 2.43. The summed E-state index contributed by atoms with van der Waals surface area (Å²) in [5.41, 5.74) is 11.6. The number of hydrogen-bond donors (Lipinski definition) is 0. The molecule has 0 fully saturated rings. The molecule has 0 N–H and O–H groups in total. The highest BCUT2D eigenvalue weighted by molar-refractivity contribution is 6.09. The molecule has 0 aliphatic rings. The van der Waals surface area contributed by atoms with E-state index in [0.717, 1.165) is 50.6 Å². The fourth-order valence-electron chi connectivity index (χ4n) is 6.55. The first-order valence-electron chi connectivity index (χ1n) is 15.5. The Morgan fingerprint density at radius 2 is 1.42 bits per heavy atom. The van der Waals surface area contributed by atoms with Gasteiger partial charge in [-0.1, -0.05) is 56.7 Å². The molecule has 5 nitrogen and oxygen atoms in total. The Hall–Kier alpha value is -5.16. The van der Waals surface area contributed by atoms with E-state index in [1.807, 2.05) is 23.1 Å². The van der Waals surface area contributed by atoms with E-state index in [0.29, 0.717) is 0 Å². The molecule has 0 amide bonds. The lowest BCUT2D eigenvalue weighted by Crippen LogP contribution is -2.12. The van der Waals surface area contributed by atoms with Crippen LogP contribution in [0.2, 0.25) is 0 Å². The minimum Gasteiger partial charge on any atom is -0.457 e. The molecule has 0 radical (unpaired) electrons. The summed E-state index contributed by atoms with van der Waals surface area (Å²) >= 11 is 0. The fraction of sp³-hybridized carbons (Fsp3) is 0.200. The number of para-hydroxylation sites is 1. The van der Waals surface area contributed by atoms with Gasteiger partial charge in [-0.05, 0) is 103 Å². The van der Waals surface area contributed by atoms with Crippen LogP contribution in [0.4, 0.5) is 0 Å². The second-order valence-corrected chi connectivity index (χ2v) is 13.2. The molecule has 0 atom stereocenters. The Morgan fingerprint density at radius 3 is 2.20 bits per heavy atom. The molecule has 0 bridgehead atoms. The number of hydrogen-bond acceptors (Lipinski definition) is 3. The Kier molecular flexibility index (Phi) is 6.85. The molecule has 0 unspecified atom stereocenters. The lowest BCUT2D eigenvalue weighted by molar-refractivity contribution is 0.482. The lowest BCUT2D eigenvalue weighted by Gasteiger charge is -2.20. The quantitative estimate of drug-likeness (QED) is 0.200. The average Bonchev–Trinajstić information content (AvgIpc) is 3.59. The van der Waals surface area contributed by atoms with Gasteiger partial charge in [0.2, 0.25) is 0 Å². The molecular formula is C40H38N4O. The Balaban J connectivity index is 1.28. The molecule has 0 aliphatic heterocycles. The topological polar surface area (TPSA) is 44.9 Å². The third-order valence-electron chi connectivity index (χ3n) is 8.57. The molecule has 0 spiro atoms. The minimum atomic E-state index is 0.0146. The van der Waals surface area contributed by atoms with Gasteiger partial charge in [-0.15, -0.1) is 0 Å². The predicted molar refractivity (Wildman–Crippen MR) is 185 cm³/mol. The van der Waals surface area contributed by atoms with Crippen LogP contribution >= 0.6 is 0 Å². The van der Waals surface area contributed by atoms with Crippen molar-refractivity contribution in [2.45, 2.75) is 53.9 Å². The molecule has 7 rings (SSSR count). The Bertz CT molecular complexity index is 2200. The molecule has 3 aromatic heterocycles. The van der Waals surface area contributed by atoms with Gasteiger partial charge in [0.25, 0.3) is 0 Å². The van der Waals surface area contributed by atoms with E-state index in [2.05, 4.69) is 138 Å². The maximum atomic E-state index is 6.56. The number of aromatic nitrogens is 4. The maximum Gasteiger partial charge on any atom is 0.137 e. The van der Waals surface area contributed by atoms with Crippen molar-refractivity contribution in [1.29, 1.82) is 0 Å². The zero-order valence-corrected chi connectivity index (χ0v) is 27.0. The maximum absolute atomic E-state index is 6.56. The van der Waals surface area contributed by atoms with Gasteiger partial charge in [-0.2, -0.15) is 5.10 Å². The second kappa shape index (κ2) is 10.8. The van der Waals surface area contributed by atoms with E-state index in [9.17, 15) is 0 Å². The van der Waals surface area contributed by atoms with Crippen molar-refractivity contribution in [2.24, 2.45) is 0 Å². The van der Waals surface area contributed by atoms with Crippen molar-refractivity contribution in [3.63, 3.8) is 0 Å². The zero-order valence-electron chi connectivity index (χ0n) is 27.0. The van der Waals surface area contributed by atoms with Crippen LogP contribution < -0.4 is 4.74 Å². The average molecular weight is 591 g/mol. The molecule has 0 saturated heterocycles. The van der Waals surface area contributed by atoms with E-state index in [4.69, 9.17) is 14.8 Å². The first kappa shape index (κ1) is 28.6. The van der Waals surface area contributed by atoms with Gasteiger partial charge >= 0.3 is 0 Å². The fourth-order valence-corrected chi connectivity index (χ4v) is 6.55. The van der Waals surface area contributed by atoms with Gasteiger partial charge in [-0.3, -0.25) is 4.57 Å². The van der Waals surface area contributed by atoms with Crippen molar-refractivity contribution >= 4 is 21.8 Å². The van der Waals surface area contributed by atoms with Gasteiger partial charge in [0, 0.05) is 40.9 Å². The molecule has 45 heavy (non-hydrogen) atoms. The number of benzene rings is 4. The highest BCUT2D eigenvalue weighted by Crippen LogP contribution is 2.36. The van der Waals surface area contributed by atoms with Crippen LogP contribution in [0, 0.1) is 27.7 Å². The third kappa shape index (κ3) is 5.29. The van der Waals surface area contributed by atoms with E-state index in [1.165, 1.54) is 33.2 Å². The van der Waals surface area contributed by atoms with Crippen LogP contribution in [0.3, 0.4) is 0 Å². The molecule has 7 aromatic rings. The standard InChI is InChI=1S/C40H38N4O/c1-25-16-27(3)39(28(4)17-25)29-23-42-43(24-29)31-18-26(2)19-33(21-31)45-32-12-13-35-34-10-8-9-11-36(34)44(37(35)22-32)38-20-30(14-15-41-38)40(5,6)7/h8-24H,1-7H3. The van der Waals surface area contributed by atoms with E-state index in [-0.39, 0.29) is 5.41 Å². The van der Waals surface area contributed by atoms with Crippen LogP contribution in [0.15, 0.2) is 104 Å². The monoisotopic (exact) mass is 590 g/mol. The van der Waals surface area contributed by atoms with Gasteiger partial charge in [0.15, 0.2) is 0 Å². The van der Waals surface area contributed by atoms with Gasteiger partial charge in [0.1, 0.15) is 17.3 Å². The normalized spacial score (nSPS) is 11.9. The van der Waals surface area contributed by atoms with Crippen LogP contribution in [0.5, 0.6) is 11.5 Å². The molecule has 0 saturated carbocycles. The summed E-state index contributed by atoms with van der Waals surface area (Å²) in [4.78, 5) is 4.82. The molecule has 3 heterocycles. The number of ether oxygens (including phenoxy) is 1. The van der Waals surface area contributed by atoms with E-state index in [1.54, 1.807) is 0 Å². The van der Waals surface area contributed by atoms with Crippen molar-refractivity contribution in [3.8, 4) is 34.1 Å². The molecular weight excluding hydrogens is 552 g/mol. The van der Waals surface area contributed by atoms with E-state index < -0.39 is 0 Å². The lowest BCUT2D eigenvalue weighted by atomic mass is 9.88. The number of fused-ring (bicyclic) bond motifs is 3. The first-order chi connectivity index (χ1) is 21.5. The van der Waals surface area contributed by atoms with Crippen molar-refractivity contribution in [3.05, 3.63) is 131 Å². The summed E-state index contributed by atoms with van der Waals surface area (Å²) < 4.78 is 10.7. The van der Waals surface area contributed by atoms with Crippen molar-refractivity contribution in [1.82, 2.24) is 19.3 Å². The van der Waals surface area contributed by atoms with E-state index >= 15 is 0 Å². The summed E-state index contributed by atoms with van der Waals surface area (Å²) in [5, 5.41) is 7.09. The van der Waals surface area contributed by atoms with Crippen LogP contribution in [-0.4, -0.2) is 19.3 Å². The zero-order chi connectivity index (χ0) is 31.5. The number of pyridine rings is 1. The number of rotatable bonds is 5. The molecule has 224 valence electrons. The molecule has 0 aliphatic carbocycles. The van der Waals surface area contributed by atoms with Gasteiger partial charge in [-0.25, -0.2) is 9.67 Å². The predicted octanol–water partition coefficient (Wildman–Crippen LogP) is 10.4. The largest absolute Gasteiger partial charge is 0.457 e.